The summed E-state index contributed by atoms with van der Waals surface area (Å²) in [5.41, 5.74) is 10.7. The maximum atomic E-state index is 5.94. The molecule has 5 rings (SSSR count). The standard InChI is InChI=1S/C37H35NO/c1-4-31(32-16-9-6-10-17-32)23-21-27(2)33-18-12-19-35(33)38-28(3)13-11-20-36-34-24-22-30(26-37(34)39-36)25-29-14-7-5-8-15-29/h4-18,20,22,24,26,38H,2-3,19,21,23,25H2,1H3/b13-11-,31-4+,36-20-. The average molecular weight is 510 g/mol. The Bertz CT molecular complexity index is 1510. The monoisotopic (exact) mass is 509 g/mol. The Morgan fingerprint density at radius 3 is 2.44 bits per heavy atom. The minimum atomic E-state index is 0.840. The lowest BCUT2D eigenvalue weighted by Crippen LogP contribution is -2.11. The average Bonchev–Trinajstić information content (AvgIpc) is 3.41. The van der Waals surface area contributed by atoms with E-state index in [-0.39, 0.29) is 0 Å². The van der Waals surface area contributed by atoms with Crippen LogP contribution in [0.3, 0.4) is 0 Å². The van der Waals surface area contributed by atoms with Crippen molar-refractivity contribution in [2.24, 2.45) is 0 Å². The molecule has 0 spiro atoms. The summed E-state index contributed by atoms with van der Waals surface area (Å²) in [6.45, 7) is 10.7. The first-order valence-electron chi connectivity index (χ1n) is 13.6. The molecule has 2 heteroatoms. The fourth-order valence-corrected chi connectivity index (χ4v) is 5.02. The molecule has 0 amide bonds. The number of fused-ring (bicyclic) bond motifs is 1. The predicted octanol–water partition coefficient (Wildman–Crippen LogP) is 9.32. The van der Waals surface area contributed by atoms with E-state index in [1.807, 2.05) is 24.3 Å². The fraction of sp³-hybridized carbons (Fsp3) is 0.135. The smallest absolute Gasteiger partial charge is 0.138 e. The van der Waals surface area contributed by atoms with E-state index in [1.54, 1.807) is 0 Å². The minimum Gasteiger partial charge on any atom is -0.456 e. The highest BCUT2D eigenvalue weighted by atomic mass is 16.5. The van der Waals surface area contributed by atoms with Gasteiger partial charge < -0.3 is 10.1 Å². The lowest BCUT2D eigenvalue weighted by atomic mass is 9.95. The zero-order valence-electron chi connectivity index (χ0n) is 22.6. The van der Waals surface area contributed by atoms with Crippen LogP contribution >= 0.6 is 0 Å². The van der Waals surface area contributed by atoms with Gasteiger partial charge in [-0.05, 0) is 83.9 Å². The van der Waals surface area contributed by atoms with Crippen molar-refractivity contribution in [3.05, 3.63) is 173 Å². The van der Waals surface area contributed by atoms with Gasteiger partial charge in [-0.3, -0.25) is 0 Å². The molecule has 194 valence electrons. The van der Waals surface area contributed by atoms with Crippen LogP contribution in [0.5, 0.6) is 5.75 Å². The van der Waals surface area contributed by atoms with Crippen LogP contribution in [0, 0.1) is 0 Å². The fourth-order valence-electron chi connectivity index (χ4n) is 5.02. The molecule has 0 atom stereocenters. The minimum absolute atomic E-state index is 0.840. The number of ether oxygens (including phenoxy) is 1. The molecule has 1 aliphatic heterocycles. The van der Waals surface area contributed by atoms with Gasteiger partial charge in [0, 0.05) is 17.8 Å². The highest BCUT2D eigenvalue weighted by Crippen LogP contribution is 2.39. The van der Waals surface area contributed by atoms with Crippen molar-refractivity contribution in [3.8, 4) is 5.75 Å². The van der Waals surface area contributed by atoms with Crippen LogP contribution in [0.2, 0.25) is 0 Å². The summed E-state index contributed by atoms with van der Waals surface area (Å²) in [6, 6.07) is 27.5. The Hall–Kier alpha value is -4.56. The molecular formula is C37H35NO. The van der Waals surface area contributed by atoms with E-state index >= 15 is 0 Å². The molecule has 1 heterocycles. The summed E-state index contributed by atoms with van der Waals surface area (Å²) < 4.78 is 5.94. The molecule has 2 aliphatic rings. The molecule has 1 N–H and O–H groups in total. The van der Waals surface area contributed by atoms with Gasteiger partial charge in [0.1, 0.15) is 11.5 Å². The molecular weight excluding hydrogens is 474 g/mol. The van der Waals surface area contributed by atoms with Gasteiger partial charge in [-0.15, -0.1) is 0 Å². The summed E-state index contributed by atoms with van der Waals surface area (Å²) in [7, 11) is 0. The van der Waals surface area contributed by atoms with Gasteiger partial charge in [0.05, 0.1) is 5.56 Å². The van der Waals surface area contributed by atoms with Gasteiger partial charge >= 0.3 is 0 Å². The maximum Gasteiger partial charge on any atom is 0.138 e. The third-order valence-electron chi connectivity index (χ3n) is 7.14. The van der Waals surface area contributed by atoms with Crippen LogP contribution in [-0.4, -0.2) is 0 Å². The Morgan fingerprint density at radius 2 is 1.69 bits per heavy atom. The Balaban J connectivity index is 1.15. The molecule has 0 radical (unpaired) electrons. The molecule has 0 aromatic heterocycles. The molecule has 3 aromatic rings. The van der Waals surface area contributed by atoms with Gasteiger partial charge in [0.2, 0.25) is 0 Å². The van der Waals surface area contributed by atoms with E-state index in [1.165, 1.54) is 27.8 Å². The van der Waals surface area contributed by atoms with Crippen molar-refractivity contribution in [1.82, 2.24) is 5.32 Å². The molecule has 39 heavy (non-hydrogen) atoms. The largest absolute Gasteiger partial charge is 0.456 e. The number of hydrogen-bond acceptors (Lipinski definition) is 2. The molecule has 0 saturated carbocycles. The van der Waals surface area contributed by atoms with Crippen LogP contribution in [0.15, 0.2) is 151 Å². The van der Waals surface area contributed by atoms with Gasteiger partial charge in [-0.2, -0.15) is 0 Å². The Kier molecular flexibility index (Phi) is 8.23. The van der Waals surface area contributed by atoms with Crippen LogP contribution in [-0.2, 0) is 6.42 Å². The number of allylic oxidation sites excluding steroid dienone is 9. The van der Waals surface area contributed by atoms with Crippen LogP contribution in [0.25, 0.3) is 11.3 Å². The molecule has 2 nitrogen and oxygen atoms in total. The Morgan fingerprint density at radius 1 is 0.923 bits per heavy atom. The highest BCUT2D eigenvalue weighted by molar-refractivity contribution is 5.77. The van der Waals surface area contributed by atoms with Gasteiger partial charge in [-0.25, -0.2) is 0 Å². The molecule has 0 saturated heterocycles. The zero-order valence-corrected chi connectivity index (χ0v) is 22.6. The second-order valence-electron chi connectivity index (χ2n) is 9.92. The molecule has 0 fully saturated rings. The number of nitrogens with one attached hydrogen (secondary N) is 1. The SMILES string of the molecule is C=C(/C=C\C=C1/Oc2cc(Cc3ccccc3)ccc21)NC1=C(C(=C)CC/C(=C\C)c2ccccc2)C=CC1. The third-order valence-corrected chi connectivity index (χ3v) is 7.14. The lowest BCUT2D eigenvalue weighted by Gasteiger charge is -2.24. The first-order chi connectivity index (χ1) is 19.1. The van der Waals surface area contributed by atoms with Gasteiger partial charge in [0.25, 0.3) is 0 Å². The van der Waals surface area contributed by atoms with Crippen LogP contribution < -0.4 is 10.1 Å². The normalized spacial score (nSPS) is 15.3. The second-order valence-corrected chi connectivity index (χ2v) is 9.92. The Labute approximate surface area is 232 Å². The third kappa shape index (κ3) is 6.48. The number of hydrogen-bond donors (Lipinski definition) is 1. The van der Waals surface area contributed by atoms with Gasteiger partial charge in [-0.1, -0.05) is 104 Å². The van der Waals surface area contributed by atoms with Crippen molar-refractivity contribution >= 4 is 11.3 Å². The summed E-state index contributed by atoms with van der Waals surface area (Å²) in [5, 5.41) is 3.49. The van der Waals surface area contributed by atoms with E-state index < -0.39 is 0 Å². The van der Waals surface area contributed by atoms with E-state index in [9.17, 15) is 0 Å². The van der Waals surface area contributed by atoms with E-state index in [0.717, 1.165) is 59.7 Å². The molecule has 1 aliphatic carbocycles. The second kappa shape index (κ2) is 12.3. The molecule has 3 aromatic carbocycles. The van der Waals surface area contributed by atoms with Crippen molar-refractivity contribution in [2.75, 3.05) is 0 Å². The predicted molar refractivity (Wildman–Crippen MR) is 165 cm³/mol. The van der Waals surface area contributed by atoms with E-state index in [0.29, 0.717) is 0 Å². The first kappa shape index (κ1) is 26.1. The topological polar surface area (TPSA) is 21.3 Å². The first-order valence-corrected chi connectivity index (χ1v) is 13.6. The maximum absolute atomic E-state index is 5.94. The van der Waals surface area contributed by atoms with Crippen molar-refractivity contribution in [3.63, 3.8) is 0 Å². The van der Waals surface area contributed by atoms with Crippen LogP contribution in [0.4, 0.5) is 0 Å². The number of benzene rings is 3. The molecule has 0 unspecified atom stereocenters. The van der Waals surface area contributed by atoms with Gasteiger partial charge in [0.15, 0.2) is 0 Å². The summed E-state index contributed by atoms with van der Waals surface area (Å²) >= 11 is 0. The van der Waals surface area contributed by atoms with Crippen LogP contribution in [0.1, 0.15) is 48.4 Å². The van der Waals surface area contributed by atoms with Crippen molar-refractivity contribution in [1.29, 1.82) is 0 Å². The highest BCUT2D eigenvalue weighted by Gasteiger charge is 2.21. The lowest BCUT2D eigenvalue weighted by molar-refractivity contribution is 0.465. The van der Waals surface area contributed by atoms with Crippen molar-refractivity contribution in [2.45, 2.75) is 32.6 Å². The van der Waals surface area contributed by atoms with E-state index in [4.69, 9.17) is 4.74 Å². The van der Waals surface area contributed by atoms with Crippen molar-refractivity contribution < 1.29 is 4.74 Å². The molecule has 0 bridgehead atoms. The van der Waals surface area contributed by atoms with E-state index in [2.05, 4.69) is 116 Å². The zero-order chi connectivity index (χ0) is 27.0. The summed E-state index contributed by atoms with van der Waals surface area (Å²) in [6.07, 6.45) is 16.2. The quantitative estimate of drug-likeness (QED) is 0.260. The summed E-state index contributed by atoms with van der Waals surface area (Å²) in [5.74, 6) is 1.83. The summed E-state index contributed by atoms with van der Waals surface area (Å²) in [4.78, 5) is 0. The number of rotatable bonds is 11.